The van der Waals surface area contributed by atoms with Crippen molar-refractivity contribution in [2.24, 2.45) is 0 Å². The summed E-state index contributed by atoms with van der Waals surface area (Å²) in [6, 6.07) is 33.7. The molecule has 0 saturated carbocycles. The van der Waals surface area contributed by atoms with E-state index in [9.17, 15) is 14.9 Å². The highest BCUT2D eigenvalue weighted by Crippen LogP contribution is 2.40. The van der Waals surface area contributed by atoms with Crippen LogP contribution in [-0.4, -0.2) is 20.5 Å². The molecule has 5 rings (SSSR count). The summed E-state index contributed by atoms with van der Waals surface area (Å²) in [6.45, 7) is 0. The van der Waals surface area contributed by atoms with E-state index in [1.165, 1.54) is 24.4 Å². The van der Waals surface area contributed by atoms with E-state index in [2.05, 4.69) is 5.10 Å². The van der Waals surface area contributed by atoms with Gasteiger partial charge in [0.15, 0.2) is 0 Å². The number of benzene rings is 4. The Bertz CT molecular complexity index is 1440. The van der Waals surface area contributed by atoms with Crippen molar-refractivity contribution in [3.05, 3.63) is 165 Å². The summed E-state index contributed by atoms with van der Waals surface area (Å²) < 4.78 is 1.75. The molecule has 0 spiro atoms. The molecular formula is C29H20ClN3O3. The summed E-state index contributed by atoms with van der Waals surface area (Å²) in [5, 5.41) is 16.5. The summed E-state index contributed by atoms with van der Waals surface area (Å²) in [7, 11) is 0. The first-order chi connectivity index (χ1) is 17.5. The summed E-state index contributed by atoms with van der Waals surface area (Å²) >= 11 is 6.08. The van der Waals surface area contributed by atoms with Crippen LogP contribution in [0.2, 0.25) is 5.02 Å². The second kappa shape index (κ2) is 9.60. The fourth-order valence-corrected chi connectivity index (χ4v) is 4.74. The number of hydrogen-bond donors (Lipinski definition) is 0. The molecular weight excluding hydrogens is 474 g/mol. The largest absolute Gasteiger partial charge is 0.288 e. The second-order valence-electron chi connectivity index (χ2n) is 8.23. The Morgan fingerprint density at radius 2 is 1.31 bits per heavy atom. The maximum absolute atomic E-state index is 13.5. The minimum atomic E-state index is -0.900. The van der Waals surface area contributed by atoms with Gasteiger partial charge >= 0.3 is 0 Å². The molecule has 0 N–H and O–H groups in total. The summed E-state index contributed by atoms with van der Waals surface area (Å²) in [4.78, 5) is 24.4. The van der Waals surface area contributed by atoms with Crippen molar-refractivity contribution in [2.45, 2.75) is 5.54 Å². The molecule has 0 aliphatic carbocycles. The molecule has 6 nitrogen and oxygen atoms in total. The molecule has 0 aliphatic rings. The van der Waals surface area contributed by atoms with E-state index in [1.807, 2.05) is 91.0 Å². The molecule has 0 fully saturated rings. The quantitative estimate of drug-likeness (QED) is 0.112. The number of nitrogens with zero attached hydrogens (tertiary/aromatic N) is 3. The molecule has 5 aromatic rings. The van der Waals surface area contributed by atoms with Gasteiger partial charge in [-0.05, 0) is 28.8 Å². The molecule has 7 heteroatoms. The zero-order valence-corrected chi connectivity index (χ0v) is 19.7. The van der Waals surface area contributed by atoms with E-state index < -0.39 is 16.2 Å². The first-order valence-corrected chi connectivity index (χ1v) is 11.6. The average Bonchev–Trinajstić information content (AvgIpc) is 3.41. The lowest BCUT2D eigenvalue weighted by Crippen LogP contribution is -2.38. The van der Waals surface area contributed by atoms with Gasteiger partial charge < -0.3 is 0 Å². The fourth-order valence-electron chi connectivity index (χ4n) is 4.56. The summed E-state index contributed by atoms with van der Waals surface area (Å²) in [5.74, 6) is -0.529. The first-order valence-electron chi connectivity index (χ1n) is 11.2. The number of ketones is 1. The summed E-state index contributed by atoms with van der Waals surface area (Å²) in [6.07, 6.45) is 3.08. The van der Waals surface area contributed by atoms with Crippen molar-refractivity contribution in [1.29, 1.82) is 0 Å². The van der Waals surface area contributed by atoms with E-state index in [0.717, 1.165) is 16.7 Å². The highest BCUT2D eigenvalue weighted by Gasteiger charge is 2.39. The van der Waals surface area contributed by atoms with Gasteiger partial charge in [-0.1, -0.05) is 103 Å². The van der Waals surface area contributed by atoms with Gasteiger partial charge in [0.25, 0.3) is 5.69 Å². The van der Waals surface area contributed by atoms with Crippen LogP contribution in [0.4, 0.5) is 5.69 Å². The number of halogens is 1. The third kappa shape index (κ3) is 3.97. The van der Waals surface area contributed by atoms with Gasteiger partial charge in [0.05, 0.1) is 16.7 Å². The lowest BCUT2D eigenvalue weighted by molar-refractivity contribution is -0.385. The third-order valence-electron chi connectivity index (χ3n) is 6.16. The number of rotatable bonds is 7. The van der Waals surface area contributed by atoms with E-state index in [4.69, 9.17) is 11.6 Å². The van der Waals surface area contributed by atoms with Crippen molar-refractivity contribution < 1.29 is 9.72 Å². The van der Waals surface area contributed by atoms with E-state index in [1.54, 1.807) is 10.9 Å². The van der Waals surface area contributed by atoms with Crippen molar-refractivity contribution in [2.75, 3.05) is 0 Å². The van der Waals surface area contributed by atoms with Crippen LogP contribution in [0, 0.1) is 10.1 Å². The van der Waals surface area contributed by atoms with Gasteiger partial charge in [-0.2, -0.15) is 5.10 Å². The molecule has 0 unspecified atom stereocenters. The van der Waals surface area contributed by atoms with E-state index in [0.29, 0.717) is 0 Å². The molecule has 0 saturated heterocycles. The van der Waals surface area contributed by atoms with Gasteiger partial charge in [-0.3, -0.25) is 19.6 Å². The number of nitro benzene ring substituents is 1. The van der Waals surface area contributed by atoms with Gasteiger partial charge in [-0.15, -0.1) is 0 Å². The van der Waals surface area contributed by atoms with Gasteiger partial charge in [-0.25, -0.2) is 0 Å². The lowest BCUT2D eigenvalue weighted by atomic mass is 9.77. The molecule has 1 heterocycles. The van der Waals surface area contributed by atoms with E-state index >= 15 is 0 Å². The average molecular weight is 494 g/mol. The van der Waals surface area contributed by atoms with Crippen molar-refractivity contribution >= 4 is 23.1 Å². The molecule has 176 valence electrons. The number of carbonyl (C=O) groups is 1. The Hall–Kier alpha value is -4.55. The highest BCUT2D eigenvalue weighted by atomic mass is 35.5. The third-order valence-corrected chi connectivity index (χ3v) is 6.40. The van der Waals surface area contributed by atoms with Gasteiger partial charge in [0.2, 0.25) is 5.78 Å². The zero-order chi connectivity index (χ0) is 25.1. The Labute approximate surface area is 212 Å². The molecule has 0 amide bonds. The molecule has 0 bridgehead atoms. The van der Waals surface area contributed by atoms with Crippen LogP contribution in [0.25, 0.3) is 0 Å². The standard InChI is InChI=1S/C29H20ClN3O3/c30-25-16-17-27(33(35)36)26(18-25)28(34)21-19-31-32(20-21)29(22-10-4-1-5-11-22,23-12-6-2-7-13-23)24-14-8-3-9-15-24/h1-20H. The molecule has 1 aromatic heterocycles. The van der Waals surface area contributed by atoms with Crippen molar-refractivity contribution in [3.8, 4) is 0 Å². The minimum Gasteiger partial charge on any atom is -0.288 e. The first kappa shape index (κ1) is 23.2. The van der Waals surface area contributed by atoms with Crippen LogP contribution in [-0.2, 0) is 5.54 Å². The molecule has 4 aromatic carbocycles. The summed E-state index contributed by atoms with van der Waals surface area (Å²) in [5.41, 5.74) is 1.75. The van der Waals surface area contributed by atoms with Crippen LogP contribution >= 0.6 is 11.6 Å². The van der Waals surface area contributed by atoms with Crippen LogP contribution in [0.3, 0.4) is 0 Å². The highest BCUT2D eigenvalue weighted by molar-refractivity contribution is 6.31. The van der Waals surface area contributed by atoms with Gasteiger partial charge in [0.1, 0.15) is 11.1 Å². The molecule has 0 radical (unpaired) electrons. The fraction of sp³-hybridized carbons (Fsp3) is 0.0345. The molecule has 36 heavy (non-hydrogen) atoms. The monoisotopic (exact) mass is 493 g/mol. The topological polar surface area (TPSA) is 78.0 Å². The SMILES string of the molecule is O=C(c1cnn(C(c2ccccc2)(c2ccccc2)c2ccccc2)c1)c1cc(Cl)ccc1[N+](=O)[O-]. The number of nitro groups is 1. The zero-order valence-electron chi connectivity index (χ0n) is 19.0. The smallest absolute Gasteiger partial charge is 0.280 e. The van der Waals surface area contributed by atoms with Crippen molar-refractivity contribution in [3.63, 3.8) is 0 Å². The normalized spacial score (nSPS) is 11.2. The van der Waals surface area contributed by atoms with Crippen LogP contribution in [0.1, 0.15) is 32.6 Å². The number of aromatic nitrogens is 2. The number of hydrogen-bond acceptors (Lipinski definition) is 4. The Kier molecular flexibility index (Phi) is 6.19. The van der Waals surface area contributed by atoms with Crippen LogP contribution in [0.5, 0.6) is 0 Å². The van der Waals surface area contributed by atoms with Crippen LogP contribution in [0.15, 0.2) is 122 Å². The van der Waals surface area contributed by atoms with E-state index in [-0.39, 0.29) is 21.8 Å². The predicted molar refractivity (Wildman–Crippen MR) is 138 cm³/mol. The minimum absolute atomic E-state index is 0.0863. The maximum Gasteiger partial charge on any atom is 0.280 e. The maximum atomic E-state index is 13.5. The Balaban J connectivity index is 1.75. The van der Waals surface area contributed by atoms with Crippen LogP contribution < -0.4 is 0 Å². The number of carbonyl (C=O) groups excluding carboxylic acids is 1. The van der Waals surface area contributed by atoms with Crippen molar-refractivity contribution in [1.82, 2.24) is 9.78 Å². The lowest BCUT2D eigenvalue weighted by Gasteiger charge is -2.36. The van der Waals surface area contributed by atoms with Gasteiger partial charge in [0, 0.05) is 17.3 Å². The predicted octanol–water partition coefficient (Wildman–Crippen LogP) is 6.52. The molecule has 0 aliphatic heterocycles. The molecule has 0 atom stereocenters. The second-order valence-corrected chi connectivity index (χ2v) is 8.67. The Morgan fingerprint density at radius 3 is 1.78 bits per heavy atom. The Morgan fingerprint density at radius 1 is 0.806 bits per heavy atom.